The van der Waals surface area contributed by atoms with E-state index >= 15 is 0 Å². The highest BCUT2D eigenvalue weighted by Crippen LogP contribution is 2.40. The number of rotatable bonds is 4. The molecule has 3 N–H and O–H groups in total. The molecule has 1 aromatic carbocycles. The molecule has 0 amide bonds. The maximum atomic E-state index is 7.63. The topological polar surface area (TPSA) is 78.9 Å². The Labute approximate surface area is 115 Å². The van der Waals surface area contributed by atoms with Gasteiger partial charge in [0.1, 0.15) is 11.7 Å². The molecule has 0 bridgehead atoms. The molecule has 19 heavy (non-hydrogen) atoms. The Morgan fingerprint density at radius 2 is 2.16 bits per heavy atom. The van der Waals surface area contributed by atoms with Crippen LogP contribution in [0.25, 0.3) is 0 Å². The van der Waals surface area contributed by atoms with E-state index in [4.69, 9.17) is 11.1 Å². The summed E-state index contributed by atoms with van der Waals surface area (Å²) in [5.74, 6) is 1.57. The molecule has 1 heterocycles. The highest BCUT2D eigenvalue weighted by atomic mass is 32.1. The van der Waals surface area contributed by atoms with Gasteiger partial charge in [0, 0.05) is 30.1 Å². The summed E-state index contributed by atoms with van der Waals surface area (Å²) >= 11 is 1.39. The third kappa shape index (κ3) is 2.31. The molecular formula is C13H15N5S. The average molecular weight is 273 g/mol. The molecule has 98 valence electrons. The molecule has 0 atom stereocenters. The number of anilines is 2. The minimum atomic E-state index is 0.0642. The van der Waals surface area contributed by atoms with Crippen molar-refractivity contribution in [1.29, 1.82) is 5.41 Å². The van der Waals surface area contributed by atoms with Crippen LogP contribution in [-0.4, -0.2) is 22.2 Å². The van der Waals surface area contributed by atoms with Gasteiger partial charge in [-0.05, 0) is 25.0 Å². The first-order valence-electron chi connectivity index (χ1n) is 6.17. The molecule has 6 heteroatoms. The quantitative estimate of drug-likeness (QED) is 0.662. The normalized spacial score (nSPS) is 14.4. The van der Waals surface area contributed by atoms with E-state index < -0.39 is 0 Å². The molecule has 1 fully saturated rings. The van der Waals surface area contributed by atoms with Crippen molar-refractivity contribution in [3.8, 4) is 0 Å². The second kappa shape index (κ2) is 4.62. The molecule has 0 aliphatic heterocycles. The van der Waals surface area contributed by atoms with Crippen LogP contribution in [-0.2, 0) is 0 Å². The van der Waals surface area contributed by atoms with E-state index in [9.17, 15) is 0 Å². The molecule has 0 spiro atoms. The largest absolute Gasteiger partial charge is 0.384 e. The number of nitrogens with zero attached hydrogens (tertiary/aromatic N) is 3. The Morgan fingerprint density at radius 1 is 1.42 bits per heavy atom. The number of para-hydroxylation sites is 1. The summed E-state index contributed by atoms with van der Waals surface area (Å²) < 4.78 is 4.40. The number of benzene rings is 1. The third-order valence-corrected chi connectivity index (χ3v) is 4.02. The van der Waals surface area contributed by atoms with Crippen LogP contribution in [0.2, 0.25) is 0 Å². The number of aromatic nitrogens is 2. The zero-order chi connectivity index (χ0) is 13.4. The van der Waals surface area contributed by atoms with Crippen LogP contribution in [0, 0.1) is 5.41 Å². The molecule has 1 aliphatic carbocycles. The molecule has 1 saturated carbocycles. The number of amidine groups is 1. The van der Waals surface area contributed by atoms with Gasteiger partial charge < -0.3 is 10.6 Å². The van der Waals surface area contributed by atoms with Gasteiger partial charge in [0.15, 0.2) is 0 Å². The van der Waals surface area contributed by atoms with Crippen LogP contribution < -0.4 is 10.6 Å². The van der Waals surface area contributed by atoms with Crippen molar-refractivity contribution >= 4 is 28.2 Å². The fraction of sp³-hybridized carbons (Fsp3) is 0.308. The second-order valence-electron chi connectivity index (χ2n) is 4.70. The van der Waals surface area contributed by atoms with E-state index in [0.717, 1.165) is 16.6 Å². The van der Waals surface area contributed by atoms with Gasteiger partial charge in [-0.2, -0.15) is 4.37 Å². The minimum Gasteiger partial charge on any atom is -0.384 e. The first kappa shape index (κ1) is 12.1. The van der Waals surface area contributed by atoms with Crippen molar-refractivity contribution in [3.05, 3.63) is 35.7 Å². The smallest absolute Gasteiger partial charge is 0.209 e. The zero-order valence-electron chi connectivity index (χ0n) is 10.6. The fourth-order valence-corrected chi connectivity index (χ4v) is 2.69. The summed E-state index contributed by atoms with van der Waals surface area (Å²) in [4.78, 5) is 6.52. The number of nitrogens with two attached hydrogens (primary N) is 1. The summed E-state index contributed by atoms with van der Waals surface area (Å²) in [5.41, 5.74) is 7.22. The van der Waals surface area contributed by atoms with Crippen molar-refractivity contribution in [2.75, 3.05) is 11.9 Å². The van der Waals surface area contributed by atoms with Crippen molar-refractivity contribution < 1.29 is 0 Å². The number of hydrogen-bond acceptors (Lipinski definition) is 5. The molecular weight excluding hydrogens is 258 g/mol. The Balaban J connectivity index is 1.93. The Kier molecular flexibility index (Phi) is 2.94. The first-order valence-corrected chi connectivity index (χ1v) is 6.95. The zero-order valence-corrected chi connectivity index (χ0v) is 11.4. The summed E-state index contributed by atoms with van der Waals surface area (Å²) in [7, 11) is 1.93. The molecule has 5 nitrogen and oxygen atoms in total. The summed E-state index contributed by atoms with van der Waals surface area (Å²) in [6.07, 6.45) is 2.40. The lowest BCUT2D eigenvalue weighted by Crippen LogP contribution is -2.18. The SMILES string of the molecule is CN(c1nc(C2CC2)ns1)c1ccccc1C(=N)N. The second-order valence-corrected chi connectivity index (χ2v) is 5.43. The Bertz CT molecular complexity index is 617. The van der Waals surface area contributed by atoms with Gasteiger partial charge in [-0.1, -0.05) is 12.1 Å². The van der Waals surface area contributed by atoms with E-state index in [0.29, 0.717) is 11.5 Å². The van der Waals surface area contributed by atoms with Crippen molar-refractivity contribution in [2.45, 2.75) is 18.8 Å². The third-order valence-electron chi connectivity index (χ3n) is 3.22. The number of hydrogen-bond donors (Lipinski definition) is 2. The fourth-order valence-electron chi connectivity index (χ4n) is 1.97. The van der Waals surface area contributed by atoms with Crippen LogP contribution in [0.1, 0.15) is 30.1 Å². The average Bonchev–Trinajstić information content (AvgIpc) is 3.16. The summed E-state index contributed by atoms with van der Waals surface area (Å²) in [6, 6.07) is 7.59. The van der Waals surface area contributed by atoms with Crippen LogP contribution in [0.4, 0.5) is 10.8 Å². The van der Waals surface area contributed by atoms with E-state index in [1.165, 1.54) is 24.4 Å². The van der Waals surface area contributed by atoms with E-state index in [1.807, 2.05) is 36.2 Å². The summed E-state index contributed by atoms with van der Waals surface area (Å²) in [5, 5.41) is 8.48. The number of nitrogen functional groups attached to an aromatic ring is 1. The van der Waals surface area contributed by atoms with Gasteiger partial charge in [0.2, 0.25) is 5.13 Å². The van der Waals surface area contributed by atoms with Crippen LogP contribution >= 0.6 is 11.5 Å². The summed E-state index contributed by atoms with van der Waals surface area (Å²) in [6.45, 7) is 0. The van der Waals surface area contributed by atoms with Crippen molar-refractivity contribution in [1.82, 2.24) is 9.36 Å². The van der Waals surface area contributed by atoms with Gasteiger partial charge in [0.25, 0.3) is 0 Å². The molecule has 1 aliphatic rings. The lowest BCUT2D eigenvalue weighted by Gasteiger charge is -2.18. The van der Waals surface area contributed by atoms with E-state index in [-0.39, 0.29) is 5.84 Å². The molecule has 1 aromatic heterocycles. The van der Waals surface area contributed by atoms with Gasteiger partial charge in [-0.3, -0.25) is 5.41 Å². The molecule has 2 aromatic rings. The minimum absolute atomic E-state index is 0.0642. The van der Waals surface area contributed by atoms with E-state index in [2.05, 4.69) is 9.36 Å². The van der Waals surface area contributed by atoms with Gasteiger partial charge in [-0.15, -0.1) is 0 Å². The van der Waals surface area contributed by atoms with Gasteiger partial charge >= 0.3 is 0 Å². The van der Waals surface area contributed by atoms with Gasteiger partial charge in [0.05, 0.1) is 5.69 Å². The Morgan fingerprint density at radius 3 is 2.84 bits per heavy atom. The first-order chi connectivity index (χ1) is 9.16. The van der Waals surface area contributed by atoms with E-state index in [1.54, 1.807) is 0 Å². The van der Waals surface area contributed by atoms with Crippen molar-refractivity contribution in [3.63, 3.8) is 0 Å². The van der Waals surface area contributed by atoms with Crippen molar-refractivity contribution in [2.24, 2.45) is 5.73 Å². The van der Waals surface area contributed by atoms with Crippen LogP contribution in [0.5, 0.6) is 0 Å². The molecule has 0 radical (unpaired) electrons. The highest BCUT2D eigenvalue weighted by molar-refractivity contribution is 7.09. The maximum absolute atomic E-state index is 7.63. The Hall–Kier alpha value is -1.95. The predicted octanol–water partition coefficient (Wildman–Crippen LogP) is 2.47. The van der Waals surface area contributed by atoms with Gasteiger partial charge in [-0.25, -0.2) is 4.98 Å². The maximum Gasteiger partial charge on any atom is 0.209 e. The standard InChI is InChI=1S/C13H15N5S/c1-18(10-5-3-2-4-9(10)11(14)15)13-16-12(17-19-13)8-6-7-8/h2-5,8H,6-7H2,1H3,(H3,14,15). The van der Waals surface area contributed by atoms with Crippen LogP contribution in [0.15, 0.2) is 24.3 Å². The predicted molar refractivity (Wildman–Crippen MR) is 77.4 cm³/mol. The van der Waals surface area contributed by atoms with Crippen LogP contribution in [0.3, 0.4) is 0 Å². The number of nitrogens with one attached hydrogen (secondary N) is 1. The molecule has 0 saturated heterocycles. The highest BCUT2D eigenvalue weighted by Gasteiger charge is 2.28. The lowest BCUT2D eigenvalue weighted by atomic mass is 10.1. The molecule has 0 unspecified atom stereocenters. The lowest BCUT2D eigenvalue weighted by molar-refractivity contribution is 0.976. The molecule has 3 rings (SSSR count). The monoisotopic (exact) mass is 273 g/mol.